The first-order chi connectivity index (χ1) is 24.8. The van der Waals surface area contributed by atoms with E-state index in [2.05, 4.69) is 152 Å². The van der Waals surface area contributed by atoms with Crippen LogP contribution < -0.4 is 0 Å². The fourth-order valence-corrected chi connectivity index (χ4v) is 7.70. The topological polar surface area (TPSA) is 38.7 Å². The van der Waals surface area contributed by atoms with Crippen LogP contribution in [0.5, 0.6) is 0 Å². The van der Waals surface area contributed by atoms with Crippen molar-refractivity contribution in [3.8, 4) is 45.0 Å². The van der Waals surface area contributed by atoms with Crippen molar-refractivity contribution in [2.24, 2.45) is 5.92 Å². The van der Waals surface area contributed by atoms with Crippen LogP contribution >= 0.6 is 0 Å². The van der Waals surface area contributed by atoms with Gasteiger partial charge in [-0.3, -0.25) is 0 Å². The van der Waals surface area contributed by atoms with Gasteiger partial charge in [0.1, 0.15) is 5.82 Å². The summed E-state index contributed by atoms with van der Waals surface area (Å²) in [7, 11) is 0. The van der Waals surface area contributed by atoms with Gasteiger partial charge in [0.25, 0.3) is 0 Å². The minimum atomic E-state index is 0.102. The maximum atomic E-state index is 5.21. The van der Waals surface area contributed by atoms with Gasteiger partial charge in [0.15, 0.2) is 11.6 Å². The van der Waals surface area contributed by atoms with Crippen molar-refractivity contribution < 1.29 is 0 Å². The van der Waals surface area contributed by atoms with Crippen LogP contribution in [0.1, 0.15) is 42.5 Å². The molecule has 240 valence electrons. The molecule has 0 saturated carbocycles. The molecular weight excluding hydrogens is 607 g/mol. The monoisotopic (exact) mass is 643 g/mol. The lowest BCUT2D eigenvalue weighted by Crippen LogP contribution is -2.20. The fourth-order valence-electron chi connectivity index (χ4n) is 7.70. The van der Waals surface area contributed by atoms with Crippen LogP contribution in [0.2, 0.25) is 0 Å². The van der Waals surface area contributed by atoms with Crippen molar-refractivity contribution in [1.29, 1.82) is 0 Å². The van der Waals surface area contributed by atoms with E-state index in [9.17, 15) is 0 Å². The van der Waals surface area contributed by atoms with Gasteiger partial charge in [-0.05, 0) is 75.9 Å². The predicted molar refractivity (Wildman–Crippen MR) is 205 cm³/mol. The molecule has 0 amide bonds. The van der Waals surface area contributed by atoms with Crippen LogP contribution in [-0.2, 0) is 0 Å². The Labute approximate surface area is 294 Å². The molecule has 4 aliphatic rings. The molecule has 3 unspecified atom stereocenters. The van der Waals surface area contributed by atoms with Crippen molar-refractivity contribution in [3.63, 3.8) is 0 Å². The lowest BCUT2D eigenvalue weighted by atomic mass is 9.70. The van der Waals surface area contributed by atoms with E-state index < -0.39 is 0 Å². The van der Waals surface area contributed by atoms with Crippen LogP contribution in [0, 0.1) is 5.92 Å². The maximum Gasteiger partial charge on any atom is 0.163 e. The van der Waals surface area contributed by atoms with Crippen molar-refractivity contribution >= 4 is 0 Å². The SMILES string of the molecule is C1=CCC(c2nc(-c3ccccc3)nc(-c3cc(-c4ccc(-c5ccccc5)cc4)cc(C4C=C5CCC=CC5=C5C=CC=CC54)c3)n2)C=C1. The number of benzene rings is 4. The van der Waals surface area contributed by atoms with E-state index in [0.717, 1.165) is 41.8 Å². The minimum Gasteiger partial charge on any atom is -0.212 e. The Morgan fingerprint density at radius 2 is 1.20 bits per heavy atom. The standard InChI is InChI=1S/C47H37N3/c1-4-14-32(15-5-1)33-24-26-34(27-25-33)38-28-39(44-31-37-20-10-11-21-41(37)42-22-12-13-23-43(42)44)30-40(29-38)47-49-45(35-16-6-2-7-17-35)48-46(50-47)36-18-8-3-9-19-36/h1-9,11-18,21-31,36,43-44H,10,19-20H2. The Balaban J connectivity index is 1.21. The molecule has 1 heterocycles. The highest BCUT2D eigenvalue weighted by molar-refractivity contribution is 5.76. The molecule has 0 spiro atoms. The third kappa shape index (κ3) is 5.86. The molecule has 0 N–H and O–H groups in total. The number of fused-ring (bicyclic) bond motifs is 2. The summed E-state index contributed by atoms with van der Waals surface area (Å²) in [4.78, 5) is 15.4. The Morgan fingerprint density at radius 3 is 1.96 bits per heavy atom. The number of hydrogen-bond acceptors (Lipinski definition) is 3. The molecule has 5 aromatic rings. The Kier molecular flexibility index (Phi) is 7.94. The quantitative estimate of drug-likeness (QED) is 0.185. The molecule has 3 nitrogen and oxygen atoms in total. The van der Waals surface area contributed by atoms with Gasteiger partial charge in [-0.25, -0.2) is 15.0 Å². The number of allylic oxidation sites excluding steroid dienone is 14. The molecule has 1 aromatic heterocycles. The predicted octanol–water partition coefficient (Wildman–Crippen LogP) is 11.6. The van der Waals surface area contributed by atoms with Gasteiger partial charge in [0.2, 0.25) is 0 Å². The Bertz CT molecular complexity index is 2280. The minimum absolute atomic E-state index is 0.102. The molecule has 0 fully saturated rings. The largest absolute Gasteiger partial charge is 0.212 e. The third-order valence-corrected chi connectivity index (χ3v) is 10.3. The molecule has 3 atom stereocenters. The second-order valence-electron chi connectivity index (χ2n) is 13.4. The number of nitrogens with zero attached hydrogens (tertiary/aromatic N) is 3. The zero-order chi connectivity index (χ0) is 33.3. The van der Waals surface area contributed by atoms with E-state index >= 15 is 0 Å². The second-order valence-corrected chi connectivity index (χ2v) is 13.4. The zero-order valence-corrected chi connectivity index (χ0v) is 27.9. The summed E-state index contributed by atoms with van der Waals surface area (Å²) in [6.45, 7) is 0. The molecule has 4 aromatic carbocycles. The normalized spacial score (nSPS) is 20.4. The summed E-state index contributed by atoms with van der Waals surface area (Å²) in [6.07, 6.45) is 27.9. The first-order valence-electron chi connectivity index (χ1n) is 17.7. The summed E-state index contributed by atoms with van der Waals surface area (Å²) in [5.74, 6) is 2.78. The van der Waals surface area contributed by atoms with Gasteiger partial charge in [0.05, 0.1) is 0 Å². The lowest BCUT2D eigenvalue weighted by molar-refractivity contribution is 0.651. The Hall–Kier alpha value is -5.93. The first kappa shape index (κ1) is 30.2. The van der Waals surface area contributed by atoms with Crippen LogP contribution in [0.3, 0.4) is 0 Å². The van der Waals surface area contributed by atoms with E-state index in [-0.39, 0.29) is 17.8 Å². The smallest absolute Gasteiger partial charge is 0.163 e. The summed E-state index contributed by atoms with van der Waals surface area (Å²) >= 11 is 0. The fraction of sp³-hybridized carbons (Fsp3) is 0.128. The van der Waals surface area contributed by atoms with E-state index in [1.54, 1.807) is 0 Å². The summed E-state index contributed by atoms with van der Waals surface area (Å²) < 4.78 is 0. The van der Waals surface area contributed by atoms with Gasteiger partial charge >= 0.3 is 0 Å². The van der Waals surface area contributed by atoms with Crippen LogP contribution in [-0.4, -0.2) is 15.0 Å². The molecule has 3 heteroatoms. The lowest BCUT2D eigenvalue weighted by Gasteiger charge is -2.34. The maximum absolute atomic E-state index is 5.21. The van der Waals surface area contributed by atoms with Gasteiger partial charge < -0.3 is 0 Å². The summed E-state index contributed by atoms with van der Waals surface area (Å²) in [5, 5.41) is 0. The van der Waals surface area contributed by atoms with Crippen molar-refractivity contribution in [2.75, 3.05) is 0 Å². The highest BCUT2D eigenvalue weighted by Gasteiger charge is 2.31. The highest BCUT2D eigenvalue weighted by atomic mass is 15.0. The van der Waals surface area contributed by atoms with Gasteiger partial charge in [-0.1, -0.05) is 158 Å². The van der Waals surface area contributed by atoms with E-state index in [1.165, 1.54) is 39.0 Å². The average Bonchev–Trinajstić information content (AvgIpc) is 3.21. The average molecular weight is 644 g/mol. The molecule has 4 aliphatic carbocycles. The van der Waals surface area contributed by atoms with Crippen molar-refractivity contribution in [3.05, 3.63) is 198 Å². The highest BCUT2D eigenvalue weighted by Crippen LogP contribution is 2.46. The van der Waals surface area contributed by atoms with Crippen LogP contribution in [0.15, 0.2) is 187 Å². The van der Waals surface area contributed by atoms with Crippen LogP contribution in [0.25, 0.3) is 45.0 Å². The molecule has 0 radical (unpaired) electrons. The second kappa shape index (κ2) is 13.2. The number of rotatable bonds is 6. The Morgan fingerprint density at radius 1 is 0.520 bits per heavy atom. The summed E-state index contributed by atoms with van der Waals surface area (Å²) in [5.41, 5.74) is 12.3. The van der Waals surface area contributed by atoms with E-state index in [1.807, 2.05) is 18.2 Å². The molecule has 50 heavy (non-hydrogen) atoms. The molecule has 9 rings (SSSR count). The number of hydrogen-bond donors (Lipinski definition) is 0. The van der Waals surface area contributed by atoms with Crippen LogP contribution in [0.4, 0.5) is 0 Å². The van der Waals surface area contributed by atoms with Crippen molar-refractivity contribution in [2.45, 2.75) is 31.1 Å². The van der Waals surface area contributed by atoms with Crippen molar-refractivity contribution in [1.82, 2.24) is 15.0 Å². The van der Waals surface area contributed by atoms with Gasteiger partial charge in [-0.2, -0.15) is 0 Å². The van der Waals surface area contributed by atoms with Gasteiger partial charge in [0, 0.05) is 28.9 Å². The van der Waals surface area contributed by atoms with E-state index in [0.29, 0.717) is 11.6 Å². The third-order valence-electron chi connectivity index (χ3n) is 10.3. The number of aromatic nitrogens is 3. The van der Waals surface area contributed by atoms with E-state index in [4.69, 9.17) is 15.0 Å². The zero-order valence-electron chi connectivity index (χ0n) is 27.9. The molecule has 0 aliphatic heterocycles. The molecular formula is C47H37N3. The van der Waals surface area contributed by atoms with Gasteiger partial charge in [-0.15, -0.1) is 0 Å². The first-order valence-corrected chi connectivity index (χ1v) is 17.7. The molecule has 0 saturated heterocycles. The summed E-state index contributed by atoms with van der Waals surface area (Å²) in [6, 6.07) is 36.8. The molecule has 0 bridgehead atoms.